The summed E-state index contributed by atoms with van der Waals surface area (Å²) >= 11 is 1.77. The van der Waals surface area contributed by atoms with E-state index in [0.29, 0.717) is 0 Å². The van der Waals surface area contributed by atoms with Crippen LogP contribution in [-0.2, 0) is 0 Å². The van der Waals surface area contributed by atoms with Crippen LogP contribution in [0.2, 0.25) is 0 Å². The van der Waals surface area contributed by atoms with E-state index in [1.165, 1.54) is 34.9 Å². The van der Waals surface area contributed by atoms with E-state index in [2.05, 4.69) is 47.3 Å². The van der Waals surface area contributed by atoms with Gasteiger partial charge in [-0.3, -0.25) is 4.85 Å². The Morgan fingerprint density at radius 1 is 0.947 bits per heavy atom. The molecular weight excluding hydrogens is 250 g/mol. The van der Waals surface area contributed by atoms with Crippen LogP contribution in [0.5, 0.6) is 0 Å². The highest BCUT2D eigenvalue weighted by molar-refractivity contribution is 8.00. The number of fused-ring (bicyclic) bond motifs is 1. The molecule has 96 valence electrons. The van der Waals surface area contributed by atoms with E-state index in [1.54, 1.807) is 11.8 Å². The number of benzene rings is 2. The normalized spacial score (nSPS) is 18.1. The summed E-state index contributed by atoms with van der Waals surface area (Å²) in [5, 5.41) is 2.54. The molecule has 0 N–H and O–H groups in total. The van der Waals surface area contributed by atoms with Crippen molar-refractivity contribution in [3.05, 3.63) is 53.9 Å². The first-order chi connectivity index (χ1) is 9.31. The molecule has 0 unspecified atom stereocenters. The number of hydrogen-bond donors (Lipinski definition) is 0. The molecule has 0 aliphatic heterocycles. The Balaban J connectivity index is 1.90. The van der Waals surface area contributed by atoms with Crippen LogP contribution in [0, 0.1) is 6.57 Å². The largest absolute Gasteiger partial charge is 0.298 e. The lowest BCUT2D eigenvalue weighted by Gasteiger charge is -2.25. The Labute approximate surface area is 118 Å². The lowest BCUT2D eigenvalue weighted by atomic mass is 9.95. The fourth-order valence-corrected chi connectivity index (χ4v) is 4.09. The van der Waals surface area contributed by atoms with Gasteiger partial charge in [-0.2, -0.15) is 0 Å². The van der Waals surface area contributed by atoms with Crippen molar-refractivity contribution in [2.45, 2.75) is 41.9 Å². The standard InChI is InChI=1S/C17H17NS/c1-18-17(11-5-2-6-12-17)19-16-10-9-14-7-3-4-8-15(14)13-16/h3-4,7-10,13H,2,5-6,11-12H2. The molecule has 0 spiro atoms. The highest BCUT2D eigenvalue weighted by Crippen LogP contribution is 2.45. The molecular formula is C17H17NS. The molecule has 1 fully saturated rings. The Morgan fingerprint density at radius 2 is 1.68 bits per heavy atom. The lowest BCUT2D eigenvalue weighted by molar-refractivity contribution is 0.450. The van der Waals surface area contributed by atoms with Crippen molar-refractivity contribution < 1.29 is 0 Å². The van der Waals surface area contributed by atoms with Crippen molar-refractivity contribution in [3.63, 3.8) is 0 Å². The maximum absolute atomic E-state index is 7.56. The average Bonchev–Trinajstić information content (AvgIpc) is 2.48. The fourth-order valence-electron chi connectivity index (χ4n) is 2.79. The highest BCUT2D eigenvalue weighted by atomic mass is 32.2. The first-order valence-electron chi connectivity index (χ1n) is 6.88. The Kier molecular flexibility index (Phi) is 3.48. The first-order valence-corrected chi connectivity index (χ1v) is 7.69. The molecule has 0 atom stereocenters. The van der Waals surface area contributed by atoms with E-state index in [9.17, 15) is 0 Å². The van der Waals surface area contributed by atoms with Gasteiger partial charge in [-0.05, 0) is 47.5 Å². The summed E-state index contributed by atoms with van der Waals surface area (Å²) < 4.78 is 0. The second-order valence-electron chi connectivity index (χ2n) is 5.23. The van der Waals surface area contributed by atoms with E-state index in [-0.39, 0.29) is 4.87 Å². The van der Waals surface area contributed by atoms with Crippen molar-refractivity contribution in [1.29, 1.82) is 0 Å². The smallest absolute Gasteiger partial charge is 0.282 e. The van der Waals surface area contributed by atoms with Crippen LogP contribution in [0.25, 0.3) is 15.6 Å². The zero-order chi connectivity index (χ0) is 13.1. The van der Waals surface area contributed by atoms with E-state index < -0.39 is 0 Å². The second-order valence-corrected chi connectivity index (χ2v) is 6.67. The van der Waals surface area contributed by atoms with Crippen molar-refractivity contribution >= 4 is 22.5 Å². The summed E-state index contributed by atoms with van der Waals surface area (Å²) in [4.78, 5) is 4.99. The molecule has 0 bridgehead atoms. The minimum atomic E-state index is -0.208. The molecule has 2 aromatic carbocycles. The topological polar surface area (TPSA) is 4.36 Å². The van der Waals surface area contributed by atoms with E-state index in [4.69, 9.17) is 6.57 Å². The predicted molar refractivity (Wildman–Crippen MR) is 82.2 cm³/mol. The third-order valence-electron chi connectivity index (χ3n) is 3.87. The highest BCUT2D eigenvalue weighted by Gasteiger charge is 2.39. The van der Waals surface area contributed by atoms with Crippen LogP contribution < -0.4 is 0 Å². The second kappa shape index (κ2) is 5.27. The lowest BCUT2D eigenvalue weighted by Crippen LogP contribution is -2.23. The van der Waals surface area contributed by atoms with Gasteiger partial charge in [-0.25, -0.2) is 6.57 Å². The van der Waals surface area contributed by atoms with Gasteiger partial charge in [0.1, 0.15) is 0 Å². The Morgan fingerprint density at radius 3 is 2.42 bits per heavy atom. The number of nitrogens with zero attached hydrogens (tertiary/aromatic N) is 1. The van der Waals surface area contributed by atoms with Crippen LogP contribution in [0.15, 0.2) is 47.4 Å². The third-order valence-corrected chi connectivity index (χ3v) is 5.24. The summed E-state index contributed by atoms with van der Waals surface area (Å²) in [7, 11) is 0. The van der Waals surface area contributed by atoms with Crippen LogP contribution in [0.1, 0.15) is 32.1 Å². The van der Waals surface area contributed by atoms with E-state index >= 15 is 0 Å². The van der Waals surface area contributed by atoms with Gasteiger partial charge < -0.3 is 0 Å². The van der Waals surface area contributed by atoms with Gasteiger partial charge in [0.05, 0.1) is 0 Å². The number of rotatable bonds is 2. The summed E-state index contributed by atoms with van der Waals surface area (Å²) in [6, 6.07) is 15.0. The molecule has 19 heavy (non-hydrogen) atoms. The van der Waals surface area contributed by atoms with Gasteiger partial charge in [-0.15, -0.1) is 0 Å². The first kappa shape index (κ1) is 12.6. The van der Waals surface area contributed by atoms with Gasteiger partial charge in [0.25, 0.3) is 4.87 Å². The Hall–Kier alpha value is -1.46. The summed E-state index contributed by atoms with van der Waals surface area (Å²) in [5.41, 5.74) is 0. The van der Waals surface area contributed by atoms with Crippen LogP contribution >= 0.6 is 11.8 Å². The van der Waals surface area contributed by atoms with Crippen LogP contribution in [0.4, 0.5) is 0 Å². The maximum Gasteiger partial charge on any atom is 0.282 e. The molecule has 0 heterocycles. The summed E-state index contributed by atoms with van der Waals surface area (Å²) in [5.74, 6) is 0. The minimum Gasteiger partial charge on any atom is -0.298 e. The van der Waals surface area contributed by atoms with Gasteiger partial charge in [0, 0.05) is 17.7 Å². The maximum atomic E-state index is 7.56. The molecule has 1 nitrogen and oxygen atoms in total. The summed E-state index contributed by atoms with van der Waals surface area (Å²) in [6.45, 7) is 7.56. The summed E-state index contributed by atoms with van der Waals surface area (Å²) in [6.07, 6.45) is 5.75. The van der Waals surface area contributed by atoms with Crippen LogP contribution in [-0.4, -0.2) is 4.87 Å². The predicted octanol–water partition coefficient (Wildman–Crippen LogP) is 5.51. The molecule has 3 rings (SSSR count). The molecule has 2 heteroatoms. The third kappa shape index (κ3) is 2.62. The van der Waals surface area contributed by atoms with Crippen molar-refractivity contribution in [3.8, 4) is 0 Å². The number of thioether (sulfide) groups is 1. The van der Waals surface area contributed by atoms with Gasteiger partial charge in [0.2, 0.25) is 0 Å². The van der Waals surface area contributed by atoms with Gasteiger partial charge in [0.15, 0.2) is 0 Å². The zero-order valence-electron chi connectivity index (χ0n) is 10.9. The molecule has 1 saturated carbocycles. The molecule has 0 aromatic heterocycles. The fraction of sp³-hybridized carbons (Fsp3) is 0.353. The van der Waals surface area contributed by atoms with Crippen LogP contribution in [0.3, 0.4) is 0 Å². The molecule has 2 aromatic rings. The average molecular weight is 267 g/mol. The molecule has 0 amide bonds. The Bertz CT molecular complexity index is 620. The van der Waals surface area contributed by atoms with Crippen molar-refractivity contribution in [1.82, 2.24) is 0 Å². The van der Waals surface area contributed by atoms with E-state index in [1.807, 2.05) is 0 Å². The van der Waals surface area contributed by atoms with E-state index in [0.717, 1.165) is 12.8 Å². The van der Waals surface area contributed by atoms with Gasteiger partial charge in [-0.1, -0.05) is 36.8 Å². The minimum absolute atomic E-state index is 0.208. The zero-order valence-corrected chi connectivity index (χ0v) is 11.7. The molecule has 0 radical (unpaired) electrons. The number of hydrogen-bond acceptors (Lipinski definition) is 1. The van der Waals surface area contributed by atoms with Crippen molar-refractivity contribution in [2.75, 3.05) is 0 Å². The quantitative estimate of drug-likeness (QED) is 0.649. The van der Waals surface area contributed by atoms with Crippen molar-refractivity contribution in [2.24, 2.45) is 0 Å². The molecule has 1 aliphatic rings. The van der Waals surface area contributed by atoms with Gasteiger partial charge >= 0.3 is 0 Å². The molecule has 0 saturated heterocycles. The molecule has 1 aliphatic carbocycles. The monoisotopic (exact) mass is 267 g/mol. The SMILES string of the molecule is [C-]#[N+]C1(Sc2ccc3ccccc3c2)CCCCC1.